The minimum atomic E-state index is -0.0324. The summed E-state index contributed by atoms with van der Waals surface area (Å²) in [6.07, 6.45) is 0. The van der Waals surface area contributed by atoms with Gasteiger partial charge in [0.25, 0.3) is 0 Å². The van der Waals surface area contributed by atoms with E-state index < -0.39 is 0 Å². The van der Waals surface area contributed by atoms with Gasteiger partial charge in [0.15, 0.2) is 0 Å². The zero-order valence-electron chi connectivity index (χ0n) is 11.8. The Balaban J connectivity index is 1.60. The molecule has 0 aromatic heterocycles. The number of carbonyl (C=O) groups excluding carboxylic acids is 1. The molecule has 0 saturated heterocycles. The van der Waals surface area contributed by atoms with E-state index in [1.165, 1.54) is 28.0 Å². The normalized spacial score (nSPS) is 16.5. The fraction of sp³-hybridized carbons (Fsp3) is 0.235. The topological polar surface area (TPSA) is 29.1 Å². The second-order valence-corrected chi connectivity index (χ2v) is 7.22. The van der Waals surface area contributed by atoms with Crippen LogP contribution in [0.3, 0.4) is 0 Å². The van der Waals surface area contributed by atoms with E-state index in [1.54, 1.807) is 0 Å². The van der Waals surface area contributed by atoms with Gasteiger partial charge in [-0.15, -0.1) is 23.5 Å². The zero-order chi connectivity index (χ0) is 14.7. The molecule has 21 heavy (non-hydrogen) atoms. The molecule has 1 atom stereocenters. The number of carbonyl (C=O) groups is 1. The van der Waals surface area contributed by atoms with Gasteiger partial charge in [-0.1, -0.05) is 18.2 Å². The molecule has 1 N–H and O–H groups in total. The number of hydrogen-bond acceptors (Lipinski definition) is 3. The molecule has 108 valence electrons. The molecule has 0 radical (unpaired) electrons. The van der Waals surface area contributed by atoms with Crippen molar-refractivity contribution in [2.24, 2.45) is 0 Å². The highest BCUT2D eigenvalue weighted by Crippen LogP contribution is 2.41. The standard InChI is InChI=1S/C17H17NOS2/c1-12(19)18-14-6-8-15(9-7-14)20-10-13-11-21-17-5-3-2-4-16(13)17/h2-9,13H,10-11H2,1H3,(H,18,19). The smallest absolute Gasteiger partial charge is 0.221 e. The minimum absolute atomic E-state index is 0.0324. The number of anilines is 1. The first-order chi connectivity index (χ1) is 10.2. The summed E-state index contributed by atoms with van der Waals surface area (Å²) in [5, 5.41) is 2.79. The maximum absolute atomic E-state index is 11.0. The fourth-order valence-corrected chi connectivity index (χ4v) is 4.82. The molecule has 2 aromatic carbocycles. The molecule has 1 unspecified atom stereocenters. The maximum Gasteiger partial charge on any atom is 0.221 e. The van der Waals surface area contributed by atoms with E-state index in [0.717, 1.165) is 11.4 Å². The molecule has 0 aliphatic carbocycles. The third kappa shape index (κ3) is 3.63. The number of fused-ring (bicyclic) bond motifs is 1. The minimum Gasteiger partial charge on any atom is -0.326 e. The van der Waals surface area contributed by atoms with Crippen molar-refractivity contribution in [1.29, 1.82) is 0 Å². The Kier molecular flexibility index (Phi) is 4.56. The Morgan fingerprint density at radius 1 is 1.24 bits per heavy atom. The van der Waals surface area contributed by atoms with Gasteiger partial charge < -0.3 is 5.32 Å². The summed E-state index contributed by atoms with van der Waals surface area (Å²) in [5.74, 6) is 2.88. The lowest BCUT2D eigenvalue weighted by Gasteiger charge is -2.10. The highest BCUT2D eigenvalue weighted by atomic mass is 32.2. The quantitative estimate of drug-likeness (QED) is 0.834. The summed E-state index contributed by atoms with van der Waals surface area (Å²) in [7, 11) is 0. The fourth-order valence-electron chi connectivity index (χ4n) is 2.40. The number of amides is 1. The zero-order valence-corrected chi connectivity index (χ0v) is 13.5. The molecule has 1 aliphatic heterocycles. The predicted molar refractivity (Wildman–Crippen MR) is 91.4 cm³/mol. The highest BCUT2D eigenvalue weighted by molar-refractivity contribution is 8.00. The van der Waals surface area contributed by atoms with Crippen LogP contribution in [0.2, 0.25) is 0 Å². The molecule has 0 fully saturated rings. The molecule has 1 amide bonds. The summed E-state index contributed by atoms with van der Waals surface area (Å²) < 4.78 is 0. The van der Waals surface area contributed by atoms with Gasteiger partial charge in [-0.25, -0.2) is 0 Å². The molecule has 4 heteroatoms. The Morgan fingerprint density at radius 2 is 2.00 bits per heavy atom. The average molecular weight is 315 g/mol. The van der Waals surface area contributed by atoms with Crippen LogP contribution in [0.5, 0.6) is 0 Å². The Hall–Kier alpha value is -1.39. The van der Waals surface area contributed by atoms with Crippen LogP contribution in [0.25, 0.3) is 0 Å². The second-order valence-electron chi connectivity index (χ2n) is 5.06. The highest BCUT2D eigenvalue weighted by Gasteiger charge is 2.22. The molecule has 1 heterocycles. The molecular formula is C17H17NOS2. The Labute approximate surface area is 133 Å². The van der Waals surface area contributed by atoms with E-state index in [-0.39, 0.29) is 5.91 Å². The van der Waals surface area contributed by atoms with Crippen molar-refractivity contribution in [1.82, 2.24) is 0 Å². The number of nitrogens with one attached hydrogen (secondary N) is 1. The van der Waals surface area contributed by atoms with E-state index in [0.29, 0.717) is 5.92 Å². The molecular weight excluding hydrogens is 298 g/mol. The van der Waals surface area contributed by atoms with Crippen LogP contribution >= 0.6 is 23.5 Å². The number of hydrogen-bond donors (Lipinski definition) is 1. The first-order valence-corrected chi connectivity index (χ1v) is 8.91. The molecule has 0 bridgehead atoms. The van der Waals surface area contributed by atoms with E-state index in [4.69, 9.17) is 0 Å². The lowest BCUT2D eigenvalue weighted by atomic mass is 10.0. The van der Waals surface area contributed by atoms with Gasteiger partial charge >= 0.3 is 0 Å². The third-order valence-electron chi connectivity index (χ3n) is 3.42. The first kappa shape index (κ1) is 14.5. The van der Waals surface area contributed by atoms with Gasteiger partial charge in [0.1, 0.15) is 0 Å². The summed E-state index contributed by atoms with van der Waals surface area (Å²) >= 11 is 3.84. The SMILES string of the molecule is CC(=O)Nc1ccc(SCC2CSc3ccccc32)cc1. The van der Waals surface area contributed by atoms with Gasteiger partial charge in [-0.2, -0.15) is 0 Å². The summed E-state index contributed by atoms with van der Waals surface area (Å²) in [6.45, 7) is 1.53. The molecule has 0 saturated carbocycles. The lowest BCUT2D eigenvalue weighted by Crippen LogP contribution is -2.05. The Bertz CT molecular complexity index is 639. The molecule has 3 rings (SSSR count). The molecule has 2 nitrogen and oxygen atoms in total. The van der Waals surface area contributed by atoms with E-state index in [2.05, 4.69) is 41.7 Å². The van der Waals surface area contributed by atoms with Gasteiger partial charge in [-0.05, 0) is 35.9 Å². The van der Waals surface area contributed by atoms with Crippen molar-refractivity contribution in [3.8, 4) is 0 Å². The van der Waals surface area contributed by atoms with Crippen molar-refractivity contribution in [2.75, 3.05) is 16.8 Å². The van der Waals surface area contributed by atoms with Gasteiger partial charge in [0.05, 0.1) is 0 Å². The first-order valence-electron chi connectivity index (χ1n) is 6.94. The van der Waals surface area contributed by atoms with Crippen LogP contribution in [0.15, 0.2) is 58.3 Å². The molecule has 2 aromatic rings. The van der Waals surface area contributed by atoms with E-state index in [1.807, 2.05) is 35.7 Å². The molecule has 1 aliphatic rings. The van der Waals surface area contributed by atoms with Gasteiger partial charge in [0, 0.05) is 39.8 Å². The van der Waals surface area contributed by atoms with Crippen LogP contribution in [0, 0.1) is 0 Å². The number of thioether (sulfide) groups is 2. The van der Waals surface area contributed by atoms with Crippen LogP contribution in [0.1, 0.15) is 18.4 Å². The van der Waals surface area contributed by atoms with Crippen LogP contribution in [-0.2, 0) is 4.79 Å². The second kappa shape index (κ2) is 6.58. The van der Waals surface area contributed by atoms with E-state index in [9.17, 15) is 4.79 Å². The largest absolute Gasteiger partial charge is 0.326 e. The van der Waals surface area contributed by atoms with Crippen molar-refractivity contribution in [3.63, 3.8) is 0 Å². The Morgan fingerprint density at radius 3 is 2.76 bits per heavy atom. The van der Waals surface area contributed by atoms with Crippen LogP contribution in [0.4, 0.5) is 5.69 Å². The third-order valence-corrected chi connectivity index (χ3v) is 5.85. The summed E-state index contributed by atoms with van der Waals surface area (Å²) in [5.41, 5.74) is 2.35. The maximum atomic E-state index is 11.0. The summed E-state index contributed by atoms with van der Waals surface area (Å²) in [6, 6.07) is 16.8. The van der Waals surface area contributed by atoms with Crippen molar-refractivity contribution in [2.45, 2.75) is 22.6 Å². The van der Waals surface area contributed by atoms with Gasteiger partial charge in [0.2, 0.25) is 5.91 Å². The van der Waals surface area contributed by atoms with Crippen molar-refractivity contribution in [3.05, 3.63) is 54.1 Å². The number of benzene rings is 2. The van der Waals surface area contributed by atoms with Crippen molar-refractivity contribution >= 4 is 35.1 Å². The van der Waals surface area contributed by atoms with Crippen molar-refractivity contribution < 1.29 is 4.79 Å². The van der Waals surface area contributed by atoms with Gasteiger partial charge in [-0.3, -0.25) is 4.79 Å². The van der Waals surface area contributed by atoms with Crippen LogP contribution in [-0.4, -0.2) is 17.4 Å². The summed E-state index contributed by atoms with van der Waals surface area (Å²) in [4.78, 5) is 13.7. The monoisotopic (exact) mass is 315 g/mol. The van der Waals surface area contributed by atoms with Crippen LogP contribution < -0.4 is 5.32 Å². The average Bonchev–Trinajstić information content (AvgIpc) is 2.89. The number of rotatable bonds is 4. The predicted octanol–water partition coefficient (Wildman–Crippen LogP) is 4.63. The molecule has 0 spiro atoms. The lowest BCUT2D eigenvalue weighted by molar-refractivity contribution is -0.114. The van der Waals surface area contributed by atoms with E-state index >= 15 is 0 Å².